The number of amides is 1. The number of aryl methyl sites for hydroxylation is 1. The molecule has 6 nitrogen and oxygen atoms in total. The van der Waals surface area contributed by atoms with Crippen LogP contribution in [0.2, 0.25) is 0 Å². The molecular weight excluding hydrogens is 249 g/mol. The van der Waals surface area contributed by atoms with Gasteiger partial charge in [0.05, 0.1) is 5.56 Å². The van der Waals surface area contributed by atoms with Gasteiger partial charge in [-0.15, -0.1) is 10.2 Å². The summed E-state index contributed by atoms with van der Waals surface area (Å²) >= 11 is 0. The number of nitrogen functional groups attached to an aromatic ring is 1. The van der Waals surface area contributed by atoms with Crippen LogP contribution in [0.15, 0.2) is 24.5 Å². The van der Waals surface area contributed by atoms with Crippen LogP contribution in [0, 0.1) is 5.82 Å². The topological polar surface area (TPSA) is 85.8 Å². The Morgan fingerprint density at radius 1 is 1.53 bits per heavy atom. The van der Waals surface area contributed by atoms with Crippen molar-refractivity contribution in [1.82, 2.24) is 20.1 Å². The fraction of sp³-hybridized carbons (Fsp3) is 0.250. The van der Waals surface area contributed by atoms with E-state index in [-0.39, 0.29) is 17.2 Å². The van der Waals surface area contributed by atoms with Crippen LogP contribution in [0.5, 0.6) is 0 Å². The molecule has 0 atom stereocenters. The molecule has 1 amide bonds. The number of carbonyl (C=O) groups excluding carboxylic acids is 1. The van der Waals surface area contributed by atoms with Gasteiger partial charge < -0.3 is 15.6 Å². The lowest BCUT2D eigenvalue weighted by molar-refractivity contribution is 0.0954. The van der Waals surface area contributed by atoms with E-state index in [0.717, 1.165) is 11.9 Å². The number of aromatic nitrogens is 3. The average Bonchev–Trinajstić information content (AvgIpc) is 2.75. The first-order valence-electron chi connectivity index (χ1n) is 5.74. The normalized spacial score (nSPS) is 10.4. The quantitative estimate of drug-likeness (QED) is 0.787. The molecule has 0 radical (unpaired) electrons. The lowest BCUT2D eigenvalue weighted by Gasteiger charge is -2.07. The van der Waals surface area contributed by atoms with Gasteiger partial charge >= 0.3 is 0 Å². The number of nitrogens with two attached hydrogens (primary N) is 1. The summed E-state index contributed by atoms with van der Waals surface area (Å²) in [7, 11) is 1.83. The monoisotopic (exact) mass is 263 g/mol. The number of rotatable bonds is 4. The number of carbonyl (C=O) groups is 1. The summed E-state index contributed by atoms with van der Waals surface area (Å²) in [5.74, 6) is -0.0276. The van der Waals surface area contributed by atoms with Gasteiger partial charge in [0, 0.05) is 25.7 Å². The standard InChI is InChI=1S/C12H14FN5O/c1-18-7-16-17-11(18)4-5-15-12(19)9-3-2-8(13)6-10(9)14/h2-3,6-7H,4-5,14H2,1H3,(H,15,19). The number of anilines is 1. The third-order valence-corrected chi connectivity index (χ3v) is 2.70. The van der Waals surface area contributed by atoms with E-state index in [1.807, 2.05) is 7.05 Å². The molecule has 0 saturated carbocycles. The summed E-state index contributed by atoms with van der Waals surface area (Å²) in [5, 5.41) is 10.3. The van der Waals surface area contributed by atoms with Crippen LogP contribution in [0.4, 0.5) is 10.1 Å². The van der Waals surface area contributed by atoms with Gasteiger partial charge in [-0.2, -0.15) is 0 Å². The summed E-state index contributed by atoms with van der Waals surface area (Å²) in [6.07, 6.45) is 2.15. The van der Waals surface area contributed by atoms with Crippen molar-refractivity contribution in [3.8, 4) is 0 Å². The van der Waals surface area contributed by atoms with Crippen molar-refractivity contribution in [2.24, 2.45) is 7.05 Å². The van der Waals surface area contributed by atoms with Crippen LogP contribution < -0.4 is 11.1 Å². The van der Waals surface area contributed by atoms with Gasteiger partial charge in [-0.25, -0.2) is 4.39 Å². The molecule has 19 heavy (non-hydrogen) atoms. The maximum absolute atomic E-state index is 12.9. The second kappa shape index (κ2) is 5.47. The molecule has 0 aliphatic carbocycles. The molecule has 1 aromatic heterocycles. The van der Waals surface area contributed by atoms with Gasteiger partial charge in [0.1, 0.15) is 18.0 Å². The minimum absolute atomic E-state index is 0.121. The third kappa shape index (κ3) is 3.06. The van der Waals surface area contributed by atoms with Crippen LogP contribution >= 0.6 is 0 Å². The van der Waals surface area contributed by atoms with Crippen molar-refractivity contribution in [2.45, 2.75) is 6.42 Å². The van der Waals surface area contributed by atoms with Gasteiger partial charge in [-0.1, -0.05) is 0 Å². The molecule has 1 heterocycles. The van der Waals surface area contributed by atoms with Crippen molar-refractivity contribution in [3.63, 3.8) is 0 Å². The molecule has 2 rings (SSSR count). The van der Waals surface area contributed by atoms with E-state index >= 15 is 0 Å². The minimum atomic E-state index is -0.465. The zero-order chi connectivity index (χ0) is 13.8. The largest absolute Gasteiger partial charge is 0.398 e. The summed E-state index contributed by atoms with van der Waals surface area (Å²) < 4.78 is 14.6. The van der Waals surface area contributed by atoms with E-state index in [1.165, 1.54) is 12.1 Å². The zero-order valence-electron chi connectivity index (χ0n) is 10.4. The number of hydrogen-bond donors (Lipinski definition) is 2. The van der Waals surface area contributed by atoms with E-state index in [2.05, 4.69) is 15.5 Å². The third-order valence-electron chi connectivity index (χ3n) is 2.70. The van der Waals surface area contributed by atoms with E-state index in [4.69, 9.17) is 5.73 Å². The Bertz CT molecular complexity index is 596. The molecular formula is C12H14FN5O. The maximum atomic E-state index is 12.9. The second-order valence-corrected chi connectivity index (χ2v) is 4.10. The van der Waals surface area contributed by atoms with E-state index in [9.17, 15) is 9.18 Å². The molecule has 0 aliphatic heterocycles. The van der Waals surface area contributed by atoms with E-state index in [0.29, 0.717) is 13.0 Å². The van der Waals surface area contributed by atoms with Gasteiger partial charge in [-0.3, -0.25) is 4.79 Å². The highest BCUT2D eigenvalue weighted by Gasteiger charge is 2.10. The summed E-state index contributed by atoms with van der Waals surface area (Å²) in [6.45, 7) is 0.405. The van der Waals surface area contributed by atoms with Crippen molar-refractivity contribution >= 4 is 11.6 Å². The maximum Gasteiger partial charge on any atom is 0.253 e. The summed E-state index contributed by atoms with van der Waals surface area (Å²) in [5.41, 5.74) is 5.97. The number of nitrogens with zero attached hydrogens (tertiary/aromatic N) is 3. The molecule has 2 aromatic rings. The van der Waals surface area contributed by atoms with Crippen molar-refractivity contribution in [1.29, 1.82) is 0 Å². The fourth-order valence-corrected chi connectivity index (χ4v) is 1.66. The second-order valence-electron chi connectivity index (χ2n) is 4.10. The van der Waals surface area contributed by atoms with Crippen LogP contribution in [0.25, 0.3) is 0 Å². The van der Waals surface area contributed by atoms with Crippen molar-refractivity contribution in [2.75, 3.05) is 12.3 Å². The molecule has 0 aliphatic rings. The Kier molecular flexibility index (Phi) is 3.74. The lowest BCUT2D eigenvalue weighted by atomic mass is 10.1. The molecule has 0 fully saturated rings. The Morgan fingerprint density at radius 2 is 2.32 bits per heavy atom. The first-order valence-corrected chi connectivity index (χ1v) is 5.74. The molecule has 0 spiro atoms. The van der Waals surface area contributed by atoms with Crippen LogP contribution in [-0.2, 0) is 13.5 Å². The van der Waals surface area contributed by atoms with Crippen LogP contribution in [-0.4, -0.2) is 27.2 Å². The lowest BCUT2D eigenvalue weighted by Crippen LogP contribution is -2.27. The van der Waals surface area contributed by atoms with Crippen molar-refractivity contribution in [3.05, 3.63) is 41.7 Å². The Balaban J connectivity index is 1.93. The van der Waals surface area contributed by atoms with Gasteiger partial charge in [0.2, 0.25) is 0 Å². The SMILES string of the molecule is Cn1cnnc1CCNC(=O)c1ccc(F)cc1N. The summed E-state index contributed by atoms with van der Waals surface area (Å²) in [6, 6.07) is 3.69. The predicted octanol–water partition coefficient (Wildman–Crippen LogP) is 0.509. The average molecular weight is 263 g/mol. The number of benzene rings is 1. The van der Waals surface area contributed by atoms with E-state index < -0.39 is 5.82 Å². The zero-order valence-corrected chi connectivity index (χ0v) is 10.4. The molecule has 3 N–H and O–H groups in total. The first kappa shape index (κ1) is 13.0. The first-order chi connectivity index (χ1) is 9.08. The number of hydrogen-bond acceptors (Lipinski definition) is 4. The molecule has 7 heteroatoms. The van der Waals surface area contributed by atoms with Gasteiger partial charge in [-0.05, 0) is 18.2 Å². The summed E-state index contributed by atoms with van der Waals surface area (Å²) in [4.78, 5) is 11.8. The molecule has 100 valence electrons. The van der Waals surface area contributed by atoms with Crippen molar-refractivity contribution < 1.29 is 9.18 Å². The van der Waals surface area contributed by atoms with Crippen LogP contribution in [0.3, 0.4) is 0 Å². The number of nitrogens with one attached hydrogen (secondary N) is 1. The smallest absolute Gasteiger partial charge is 0.253 e. The van der Waals surface area contributed by atoms with Crippen LogP contribution in [0.1, 0.15) is 16.2 Å². The molecule has 1 aromatic carbocycles. The predicted molar refractivity (Wildman–Crippen MR) is 67.9 cm³/mol. The Labute approximate surface area is 109 Å². The highest BCUT2D eigenvalue weighted by atomic mass is 19.1. The van der Waals surface area contributed by atoms with Gasteiger partial charge in [0.25, 0.3) is 5.91 Å². The fourth-order valence-electron chi connectivity index (χ4n) is 1.66. The van der Waals surface area contributed by atoms with E-state index in [1.54, 1.807) is 10.9 Å². The molecule has 0 saturated heterocycles. The highest BCUT2D eigenvalue weighted by Crippen LogP contribution is 2.12. The van der Waals surface area contributed by atoms with Gasteiger partial charge in [0.15, 0.2) is 0 Å². The number of halogens is 1. The Morgan fingerprint density at radius 3 is 2.95 bits per heavy atom. The highest BCUT2D eigenvalue weighted by molar-refractivity contribution is 5.99. The molecule has 0 bridgehead atoms. The molecule has 0 unspecified atom stereocenters. The minimum Gasteiger partial charge on any atom is -0.398 e. The Hall–Kier alpha value is -2.44.